The zero-order valence-electron chi connectivity index (χ0n) is 13.4. The standard InChI is InChI=1S/C7H8O.C5H10O.C2H7N.C2H6/c1-8-7-5-3-2-4-6-7;1-2-5-3-4-6-5;1-3-2;1-2/h2-6H,1H3;5H,2-4H2,1H3;3H,1-2H3;1-2H3. The summed E-state index contributed by atoms with van der Waals surface area (Å²) in [7, 11) is 5.41. The molecule has 1 saturated heterocycles. The van der Waals surface area contributed by atoms with Gasteiger partial charge in [-0.15, -0.1) is 0 Å². The fourth-order valence-corrected chi connectivity index (χ4v) is 1.16. The first-order chi connectivity index (χ1) is 9.28. The largest absolute Gasteiger partial charge is 0.497 e. The molecule has 0 amide bonds. The molecule has 1 aliphatic heterocycles. The minimum atomic E-state index is 0.616. The number of rotatable bonds is 2. The third-order valence-electron chi connectivity index (χ3n) is 2.23. The van der Waals surface area contributed by atoms with E-state index < -0.39 is 0 Å². The van der Waals surface area contributed by atoms with E-state index in [1.54, 1.807) is 7.11 Å². The van der Waals surface area contributed by atoms with Crippen molar-refractivity contribution in [1.82, 2.24) is 5.32 Å². The van der Waals surface area contributed by atoms with E-state index >= 15 is 0 Å². The average Bonchev–Trinajstić information content (AvgIpc) is 2.42. The van der Waals surface area contributed by atoms with Crippen molar-refractivity contribution in [2.45, 2.75) is 39.7 Å². The highest BCUT2D eigenvalue weighted by Gasteiger charge is 2.13. The van der Waals surface area contributed by atoms with E-state index in [0.29, 0.717) is 6.10 Å². The van der Waals surface area contributed by atoms with Gasteiger partial charge in [-0.1, -0.05) is 39.0 Å². The molecule has 1 aromatic carbocycles. The van der Waals surface area contributed by atoms with E-state index in [1.807, 2.05) is 58.3 Å². The van der Waals surface area contributed by atoms with Crippen molar-refractivity contribution >= 4 is 0 Å². The Balaban J connectivity index is 0. The first kappa shape index (κ1) is 20.3. The molecular weight excluding hydrogens is 238 g/mol. The Labute approximate surface area is 119 Å². The lowest BCUT2D eigenvalue weighted by molar-refractivity contribution is -0.0516. The molecule has 0 aromatic heterocycles. The Kier molecular flexibility index (Phi) is 18.1. The van der Waals surface area contributed by atoms with Crippen molar-refractivity contribution < 1.29 is 9.47 Å². The van der Waals surface area contributed by atoms with Crippen LogP contribution in [0.15, 0.2) is 30.3 Å². The van der Waals surface area contributed by atoms with Crippen LogP contribution in [0.1, 0.15) is 33.6 Å². The van der Waals surface area contributed by atoms with Crippen LogP contribution in [-0.4, -0.2) is 33.9 Å². The second-order valence-corrected chi connectivity index (χ2v) is 3.71. The Bertz CT molecular complexity index is 245. The number of para-hydroxylation sites is 1. The number of ether oxygens (including phenoxy) is 2. The maximum atomic E-state index is 5.08. The molecule has 112 valence electrons. The normalized spacial score (nSPS) is 15.2. The molecule has 3 nitrogen and oxygen atoms in total. The second-order valence-electron chi connectivity index (χ2n) is 3.71. The highest BCUT2D eigenvalue weighted by molar-refractivity contribution is 5.20. The van der Waals surface area contributed by atoms with Gasteiger partial charge in [0, 0.05) is 6.61 Å². The van der Waals surface area contributed by atoms with Crippen molar-refractivity contribution in [2.24, 2.45) is 0 Å². The van der Waals surface area contributed by atoms with Crippen molar-refractivity contribution in [2.75, 3.05) is 27.8 Å². The maximum absolute atomic E-state index is 5.08. The number of hydrogen-bond acceptors (Lipinski definition) is 3. The predicted molar refractivity (Wildman–Crippen MR) is 84.0 cm³/mol. The van der Waals surface area contributed by atoms with E-state index in [-0.39, 0.29) is 0 Å². The monoisotopic (exact) mass is 269 g/mol. The van der Waals surface area contributed by atoms with Crippen LogP contribution in [0.2, 0.25) is 0 Å². The van der Waals surface area contributed by atoms with Gasteiger partial charge in [-0.05, 0) is 39.1 Å². The summed E-state index contributed by atoms with van der Waals surface area (Å²) in [6.07, 6.45) is 3.10. The lowest BCUT2D eigenvalue weighted by Gasteiger charge is -2.24. The Hall–Kier alpha value is -1.06. The molecule has 0 radical (unpaired) electrons. The van der Waals surface area contributed by atoms with E-state index in [4.69, 9.17) is 9.47 Å². The summed E-state index contributed by atoms with van der Waals surface area (Å²) in [6, 6.07) is 9.68. The smallest absolute Gasteiger partial charge is 0.118 e. The molecule has 1 fully saturated rings. The minimum absolute atomic E-state index is 0.616. The van der Waals surface area contributed by atoms with Gasteiger partial charge in [0.2, 0.25) is 0 Å². The molecule has 1 unspecified atom stereocenters. The summed E-state index contributed by atoms with van der Waals surface area (Å²) < 4.78 is 9.99. The molecule has 0 spiro atoms. The quantitative estimate of drug-likeness (QED) is 0.887. The van der Waals surface area contributed by atoms with Crippen LogP contribution < -0.4 is 10.1 Å². The lowest BCUT2D eigenvalue weighted by Crippen LogP contribution is -2.25. The van der Waals surface area contributed by atoms with Crippen molar-refractivity contribution in [3.05, 3.63) is 30.3 Å². The van der Waals surface area contributed by atoms with E-state index in [0.717, 1.165) is 12.4 Å². The first-order valence-corrected chi connectivity index (χ1v) is 7.07. The van der Waals surface area contributed by atoms with E-state index in [1.165, 1.54) is 12.8 Å². The van der Waals surface area contributed by atoms with Crippen molar-refractivity contribution in [3.63, 3.8) is 0 Å². The Morgan fingerprint density at radius 2 is 1.68 bits per heavy atom. The molecule has 19 heavy (non-hydrogen) atoms. The number of methoxy groups -OCH3 is 1. The van der Waals surface area contributed by atoms with E-state index in [2.05, 4.69) is 12.2 Å². The fourth-order valence-electron chi connectivity index (χ4n) is 1.16. The highest BCUT2D eigenvalue weighted by Crippen LogP contribution is 2.12. The molecule has 2 rings (SSSR count). The summed E-state index contributed by atoms with van der Waals surface area (Å²) in [5.41, 5.74) is 0. The second kappa shape index (κ2) is 16.9. The Morgan fingerprint density at radius 1 is 1.21 bits per heavy atom. The molecule has 0 aliphatic carbocycles. The van der Waals surface area contributed by atoms with Gasteiger partial charge in [0.15, 0.2) is 0 Å². The van der Waals surface area contributed by atoms with Gasteiger partial charge in [0.25, 0.3) is 0 Å². The molecule has 1 aliphatic rings. The number of nitrogens with one attached hydrogen (secondary N) is 1. The van der Waals surface area contributed by atoms with Gasteiger partial charge >= 0.3 is 0 Å². The van der Waals surface area contributed by atoms with Crippen LogP contribution in [0, 0.1) is 0 Å². The van der Waals surface area contributed by atoms with Gasteiger partial charge < -0.3 is 14.8 Å². The molecular formula is C16H31NO2. The predicted octanol–water partition coefficient (Wildman–Crippen LogP) is 3.74. The SMILES string of the molecule is CC.CCC1CCO1.CNC.COc1ccccc1. The zero-order valence-corrected chi connectivity index (χ0v) is 13.4. The van der Waals surface area contributed by atoms with Gasteiger partial charge in [0.05, 0.1) is 13.2 Å². The fraction of sp³-hybridized carbons (Fsp3) is 0.625. The third kappa shape index (κ3) is 13.2. The van der Waals surface area contributed by atoms with Crippen LogP contribution in [0.4, 0.5) is 0 Å². The molecule has 1 atom stereocenters. The molecule has 3 heteroatoms. The van der Waals surface area contributed by atoms with Crippen LogP contribution in [0.5, 0.6) is 5.75 Å². The maximum Gasteiger partial charge on any atom is 0.118 e. The molecule has 1 N–H and O–H groups in total. The Morgan fingerprint density at radius 3 is 1.84 bits per heavy atom. The third-order valence-corrected chi connectivity index (χ3v) is 2.23. The lowest BCUT2D eigenvalue weighted by atomic mass is 10.1. The van der Waals surface area contributed by atoms with Gasteiger partial charge in [0.1, 0.15) is 5.75 Å². The van der Waals surface area contributed by atoms with Gasteiger partial charge in [-0.3, -0.25) is 0 Å². The number of hydrogen-bond donors (Lipinski definition) is 1. The van der Waals surface area contributed by atoms with Gasteiger partial charge in [-0.2, -0.15) is 0 Å². The molecule has 0 bridgehead atoms. The van der Waals surface area contributed by atoms with E-state index in [9.17, 15) is 0 Å². The first-order valence-electron chi connectivity index (χ1n) is 7.07. The summed E-state index contributed by atoms with van der Waals surface area (Å²) in [5, 5.41) is 2.75. The van der Waals surface area contributed by atoms with Crippen LogP contribution >= 0.6 is 0 Å². The van der Waals surface area contributed by atoms with Crippen LogP contribution in [-0.2, 0) is 4.74 Å². The topological polar surface area (TPSA) is 30.5 Å². The zero-order chi connectivity index (χ0) is 14.9. The number of benzene rings is 1. The van der Waals surface area contributed by atoms with Crippen molar-refractivity contribution in [3.8, 4) is 5.75 Å². The average molecular weight is 269 g/mol. The summed E-state index contributed by atoms with van der Waals surface area (Å²) >= 11 is 0. The highest BCUT2D eigenvalue weighted by atomic mass is 16.5. The molecule has 0 saturated carbocycles. The molecule has 1 heterocycles. The minimum Gasteiger partial charge on any atom is -0.497 e. The van der Waals surface area contributed by atoms with Crippen LogP contribution in [0.25, 0.3) is 0 Å². The van der Waals surface area contributed by atoms with Crippen molar-refractivity contribution in [1.29, 1.82) is 0 Å². The van der Waals surface area contributed by atoms with Gasteiger partial charge in [-0.25, -0.2) is 0 Å². The summed E-state index contributed by atoms with van der Waals surface area (Å²) in [4.78, 5) is 0. The van der Waals surface area contributed by atoms with Crippen LogP contribution in [0.3, 0.4) is 0 Å². The molecule has 1 aromatic rings. The summed E-state index contributed by atoms with van der Waals surface area (Å²) in [5.74, 6) is 0.910. The summed E-state index contributed by atoms with van der Waals surface area (Å²) in [6.45, 7) is 7.16.